The monoisotopic (exact) mass is 245 g/mol. The van der Waals surface area contributed by atoms with Crippen molar-refractivity contribution in [2.75, 3.05) is 0 Å². The van der Waals surface area contributed by atoms with E-state index in [9.17, 15) is 4.79 Å². The lowest BCUT2D eigenvalue weighted by molar-refractivity contribution is 0.0693. The van der Waals surface area contributed by atoms with Gasteiger partial charge in [-0.25, -0.2) is 9.78 Å². The Labute approximate surface area is 104 Å². The third kappa shape index (κ3) is 2.85. The number of carboxylic acid groups (broad SMARTS) is 1. The van der Waals surface area contributed by atoms with Crippen molar-refractivity contribution in [1.82, 2.24) is 4.98 Å². The molecule has 0 fully saturated rings. The minimum atomic E-state index is -0.916. The van der Waals surface area contributed by atoms with Gasteiger partial charge in [0, 0.05) is 10.6 Å². The molecule has 1 N–H and O–H groups in total. The molecule has 0 radical (unpaired) electrons. The first-order valence-electron chi connectivity index (χ1n) is 5.10. The summed E-state index contributed by atoms with van der Waals surface area (Å²) in [5.41, 5.74) is 1.23. The van der Waals surface area contributed by atoms with Crippen LogP contribution in [-0.4, -0.2) is 16.1 Å². The van der Waals surface area contributed by atoms with Crippen LogP contribution in [0.2, 0.25) is 0 Å². The van der Waals surface area contributed by atoms with Crippen LogP contribution >= 0.6 is 11.8 Å². The second-order valence-electron chi connectivity index (χ2n) is 3.52. The summed E-state index contributed by atoms with van der Waals surface area (Å²) in [4.78, 5) is 16.1. The van der Waals surface area contributed by atoms with Gasteiger partial charge < -0.3 is 5.11 Å². The zero-order chi connectivity index (χ0) is 12.3. The zero-order valence-electron chi connectivity index (χ0n) is 9.25. The largest absolute Gasteiger partial charge is 0.478 e. The van der Waals surface area contributed by atoms with Crippen molar-refractivity contribution >= 4 is 17.7 Å². The number of aryl methyl sites for hydroxylation is 1. The summed E-state index contributed by atoms with van der Waals surface area (Å²) in [7, 11) is 0. The van der Waals surface area contributed by atoms with Gasteiger partial charge in [-0.05, 0) is 31.2 Å². The minimum absolute atomic E-state index is 0.306. The maximum atomic E-state index is 11.0. The van der Waals surface area contributed by atoms with Crippen LogP contribution in [0.4, 0.5) is 0 Å². The normalized spacial score (nSPS) is 10.2. The van der Waals surface area contributed by atoms with E-state index in [0.717, 1.165) is 10.7 Å². The Morgan fingerprint density at radius 1 is 1.18 bits per heavy atom. The van der Waals surface area contributed by atoms with Crippen molar-refractivity contribution in [3.63, 3.8) is 0 Å². The molecule has 86 valence electrons. The fourth-order valence-corrected chi connectivity index (χ4v) is 2.39. The van der Waals surface area contributed by atoms with E-state index >= 15 is 0 Å². The Morgan fingerprint density at radius 3 is 2.65 bits per heavy atom. The van der Waals surface area contributed by atoms with Crippen LogP contribution in [0, 0.1) is 6.92 Å². The minimum Gasteiger partial charge on any atom is -0.478 e. The van der Waals surface area contributed by atoms with Gasteiger partial charge in [0.05, 0.1) is 5.56 Å². The molecule has 0 aliphatic carbocycles. The maximum absolute atomic E-state index is 11.0. The number of carbonyl (C=O) groups is 1. The predicted molar refractivity (Wildman–Crippen MR) is 66.5 cm³/mol. The summed E-state index contributed by atoms with van der Waals surface area (Å²) in [6.07, 6.45) is 0. The van der Waals surface area contributed by atoms with Gasteiger partial charge in [0.25, 0.3) is 0 Å². The van der Waals surface area contributed by atoms with Crippen molar-refractivity contribution in [3.05, 3.63) is 53.7 Å². The van der Waals surface area contributed by atoms with Gasteiger partial charge in [-0.15, -0.1) is 0 Å². The van der Waals surface area contributed by atoms with E-state index in [1.54, 1.807) is 18.2 Å². The lowest BCUT2D eigenvalue weighted by atomic mass is 10.2. The number of rotatable bonds is 3. The second-order valence-corrected chi connectivity index (χ2v) is 4.58. The highest BCUT2D eigenvalue weighted by Crippen LogP contribution is 2.29. The molecule has 1 aromatic heterocycles. The maximum Gasteiger partial charge on any atom is 0.336 e. The molecule has 3 nitrogen and oxygen atoms in total. The van der Waals surface area contributed by atoms with E-state index in [2.05, 4.69) is 4.98 Å². The number of benzene rings is 1. The molecule has 0 saturated carbocycles. The summed E-state index contributed by atoms with van der Waals surface area (Å²) in [5.74, 6) is -0.916. The van der Waals surface area contributed by atoms with Gasteiger partial charge in [-0.1, -0.05) is 30.0 Å². The number of hydrogen-bond donors (Lipinski definition) is 1. The number of pyridine rings is 1. The van der Waals surface area contributed by atoms with Crippen molar-refractivity contribution in [2.24, 2.45) is 0 Å². The average Bonchev–Trinajstić information content (AvgIpc) is 2.29. The van der Waals surface area contributed by atoms with Crippen molar-refractivity contribution in [3.8, 4) is 0 Å². The standard InChI is InChI=1S/C13H11NO2S/c1-9-5-4-8-12(14-9)17-11-7-3-2-6-10(11)13(15)16/h2-8H,1H3,(H,15,16). The second kappa shape index (κ2) is 5.01. The zero-order valence-corrected chi connectivity index (χ0v) is 10.1. The van der Waals surface area contributed by atoms with E-state index in [0.29, 0.717) is 10.5 Å². The fourth-order valence-electron chi connectivity index (χ4n) is 1.42. The van der Waals surface area contributed by atoms with Crippen LogP contribution in [0.25, 0.3) is 0 Å². The fraction of sp³-hybridized carbons (Fsp3) is 0.0769. The molecule has 1 aromatic carbocycles. The summed E-state index contributed by atoms with van der Waals surface area (Å²) in [6.45, 7) is 1.91. The third-order valence-corrected chi connectivity index (χ3v) is 3.21. The van der Waals surface area contributed by atoms with E-state index in [-0.39, 0.29) is 0 Å². The van der Waals surface area contributed by atoms with Crippen molar-refractivity contribution in [2.45, 2.75) is 16.8 Å². The quantitative estimate of drug-likeness (QED) is 0.901. The van der Waals surface area contributed by atoms with E-state index < -0.39 is 5.97 Å². The SMILES string of the molecule is Cc1cccc(Sc2ccccc2C(=O)O)n1. The van der Waals surface area contributed by atoms with Crippen LogP contribution < -0.4 is 0 Å². The molecule has 0 atom stereocenters. The van der Waals surface area contributed by atoms with Crippen LogP contribution in [0.1, 0.15) is 16.1 Å². The molecule has 0 aliphatic rings. The Morgan fingerprint density at radius 2 is 1.94 bits per heavy atom. The molecular formula is C13H11NO2S. The molecule has 0 bridgehead atoms. The number of hydrogen-bond acceptors (Lipinski definition) is 3. The highest BCUT2D eigenvalue weighted by Gasteiger charge is 2.10. The molecule has 2 aromatic rings. The lowest BCUT2D eigenvalue weighted by Crippen LogP contribution is -1.98. The van der Waals surface area contributed by atoms with Gasteiger partial charge in [-0.2, -0.15) is 0 Å². The van der Waals surface area contributed by atoms with Gasteiger partial charge in [-0.3, -0.25) is 0 Å². The Balaban J connectivity index is 2.33. The highest BCUT2D eigenvalue weighted by molar-refractivity contribution is 7.99. The number of aromatic nitrogens is 1. The average molecular weight is 245 g/mol. The molecule has 0 saturated heterocycles. The van der Waals surface area contributed by atoms with Crippen LogP contribution in [0.15, 0.2) is 52.4 Å². The first-order valence-corrected chi connectivity index (χ1v) is 5.92. The van der Waals surface area contributed by atoms with Crippen molar-refractivity contribution in [1.29, 1.82) is 0 Å². The van der Waals surface area contributed by atoms with Crippen LogP contribution in [-0.2, 0) is 0 Å². The van der Waals surface area contributed by atoms with Gasteiger partial charge in [0.1, 0.15) is 5.03 Å². The highest BCUT2D eigenvalue weighted by atomic mass is 32.2. The van der Waals surface area contributed by atoms with E-state index in [1.165, 1.54) is 11.8 Å². The molecule has 0 aliphatic heterocycles. The smallest absolute Gasteiger partial charge is 0.336 e. The van der Waals surface area contributed by atoms with E-state index in [1.807, 2.05) is 31.2 Å². The number of carboxylic acids is 1. The summed E-state index contributed by atoms with van der Waals surface area (Å²) in [6, 6.07) is 12.6. The van der Waals surface area contributed by atoms with E-state index in [4.69, 9.17) is 5.11 Å². The first kappa shape index (κ1) is 11.7. The predicted octanol–water partition coefficient (Wildman–Crippen LogP) is 3.24. The Hall–Kier alpha value is -1.81. The molecule has 4 heteroatoms. The first-order chi connectivity index (χ1) is 8.16. The van der Waals surface area contributed by atoms with Crippen LogP contribution in [0.5, 0.6) is 0 Å². The number of nitrogens with zero attached hydrogens (tertiary/aromatic N) is 1. The third-order valence-electron chi connectivity index (χ3n) is 2.19. The van der Waals surface area contributed by atoms with Crippen molar-refractivity contribution < 1.29 is 9.90 Å². The summed E-state index contributed by atoms with van der Waals surface area (Å²) in [5, 5.41) is 9.87. The lowest BCUT2D eigenvalue weighted by Gasteiger charge is -2.05. The molecule has 0 unspecified atom stereocenters. The molecule has 17 heavy (non-hydrogen) atoms. The number of aromatic carboxylic acids is 1. The molecule has 0 amide bonds. The molecule has 0 spiro atoms. The Kier molecular flexibility index (Phi) is 3.44. The van der Waals surface area contributed by atoms with Gasteiger partial charge in [0.15, 0.2) is 0 Å². The van der Waals surface area contributed by atoms with Gasteiger partial charge in [0.2, 0.25) is 0 Å². The molecule has 1 heterocycles. The Bertz CT molecular complexity index is 555. The topological polar surface area (TPSA) is 50.2 Å². The molecular weight excluding hydrogens is 234 g/mol. The molecule has 2 rings (SSSR count). The van der Waals surface area contributed by atoms with Crippen LogP contribution in [0.3, 0.4) is 0 Å². The van der Waals surface area contributed by atoms with Gasteiger partial charge >= 0.3 is 5.97 Å². The summed E-state index contributed by atoms with van der Waals surface area (Å²) >= 11 is 1.36. The summed E-state index contributed by atoms with van der Waals surface area (Å²) < 4.78 is 0.